The Kier molecular flexibility index (Phi) is 7.70. The van der Waals surface area contributed by atoms with Gasteiger partial charge in [0.15, 0.2) is 12.7 Å². The SMILES string of the molecule is C=CCOC(C)C(=O)OCC(=O)NCc1ccc(OC)cc1. The molecule has 0 heterocycles. The van der Waals surface area contributed by atoms with E-state index in [9.17, 15) is 9.59 Å². The van der Waals surface area contributed by atoms with E-state index in [-0.39, 0.29) is 19.1 Å². The maximum atomic E-state index is 11.6. The fourth-order valence-corrected chi connectivity index (χ4v) is 1.53. The van der Waals surface area contributed by atoms with Crippen LogP contribution in [0.15, 0.2) is 36.9 Å². The molecule has 1 unspecified atom stereocenters. The zero-order valence-electron chi connectivity index (χ0n) is 12.8. The lowest BCUT2D eigenvalue weighted by Gasteiger charge is -2.11. The third-order valence-electron chi connectivity index (χ3n) is 2.79. The van der Waals surface area contributed by atoms with Crippen molar-refractivity contribution in [2.24, 2.45) is 0 Å². The van der Waals surface area contributed by atoms with Gasteiger partial charge < -0.3 is 19.5 Å². The van der Waals surface area contributed by atoms with Gasteiger partial charge in [-0.1, -0.05) is 18.2 Å². The molecular weight excluding hydrogens is 286 g/mol. The molecule has 0 fully saturated rings. The highest BCUT2D eigenvalue weighted by atomic mass is 16.6. The van der Waals surface area contributed by atoms with Gasteiger partial charge in [0.05, 0.1) is 13.7 Å². The Hall–Kier alpha value is -2.34. The predicted molar refractivity (Wildman–Crippen MR) is 81.4 cm³/mol. The number of esters is 1. The molecule has 6 nitrogen and oxygen atoms in total. The molecule has 22 heavy (non-hydrogen) atoms. The van der Waals surface area contributed by atoms with Gasteiger partial charge in [-0.2, -0.15) is 0 Å². The minimum absolute atomic E-state index is 0.250. The van der Waals surface area contributed by atoms with E-state index < -0.39 is 12.1 Å². The summed E-state index contributed by atoms with van der Waals surface area (Å²) >= 11 is 0. The predicted octanol–water partition coefficient (Wildman–Crippen LogP) is 1.45. The molecule has 0 aliphatic carbocycles. The number of carbonyl (C=O) groups excluding carboxylic acids is 2. The summed E-state index contributed by atoms with van der Waals surface area (Å²) < 4.78 is 15.0. The Balaban J connectivity index is 2.27. The van der Waals surface area contributed by atoms with Crippen molar-refractivity contribution in [1.82, 2.24) is 5.32 Å². The number of nitrogens with one attached hydrogen (secondary N) is 1. The van der Waals surface area contributed by atoms with E-state index in [1.165, 1.54) is 6.08 Å². The van der Waals surface area contributed by atoms with Crippen LogP contribution in [0.2, 0.25) is 0 Å². The zero-order chi connectivity index (χ0) is 16.4. The molecule has 0 aliphatic rings. The number of methoxy groups -OCH3 is 1. The maximum absolute atomic E-state index is 11.6. The number of ether oxygens (including phenoxy) is 3. The van der Waals surface area contributed by atoms with Gasteiger partial charge in [0.1, 0.15) is 5.75 Å². The van der Waals surface area contributed by atoms with Crippen molar-refractivity contribution in [2.45, 2.75) is 19.6 Å². The van der Waals surface area contributed by atoms with Gasteiger partial charge in [-0.05, 0) is 24.6 Å². The van der Waals surface area contributed by atoms with E-state index in [0.29, 0.717) is 6.54 Å². The van der Waals surface area contributed by atoms with E-state index in [0.717, 1.165) is 11.3 Å². The summed E-state index contributed by atoms with van der Waals surface area (Å²) in [5.41, 5.74) is 0.920. The van der Waals surface area contributed by atoms with Crippen molar-refractivity contribution < 1.29 is 23.8 Å². The second-order valence-corrected chi connectivity index (χ2v) is 4.50. The first kappa shape index (κ1) is 17.7. The van der Waals surface area contributed by atoms with Crippen LogP contribution in [0, 0.1) is 0 Å². The van der Waals surface area contributed by atoms with Gasteiger partial charge in [0.25, 0.3) is 5.91 Å². The minimum atomic E-state index is -0.729. The first-order valence-electron chi connectivity index (χ1n) is 6.85. The van der Waals surface area contributed by atoms with Gasteiger partial charge in [-0.25, -0.2) is 4.79 Å². The Morgan fingerprint density at radius 1 is 1.32 bits per heavy atom. The van der Waals surface area contributed by atoms with Crippen LogP contribution < -0.4 is 10.1 Å². The van der Waals surface area contributed by atoms with E-state index >= 15 is 0 Å². The average Bonchev–Trinajstić information content (AvgIpc) is 2.55. The Labute approximate surface area is 130 Å². The van der Waals surface area contributed by atoms with Gasteiger partial charge in [-0.3, -0.25) is 4.79 Å². The first-order valence-corrected chi connectivity index (χ1v) is 6.85. The summed E-state index contributed by atoms with van der Waals surface area (Å²) in [7, 11) is 1.59. The molecule has 0 spiro atoms. The number of amides is 1. The molecule has 1 rings (SSSR count). The highest BCUT2D eigenvalue weighted by Crippen LogP contribution is 2.10. The Morgan fingerprint density at radius 3 is 2.59 bits per heavy atom. The van der Waals surface area contributed by atoms with E-state index in [4.69, 9.17) is 14.2 Å². The summed E-state index contributed by atoms with van der Waals surface area (Å²) in [6.07, 6.45) is 0.804. The summed E-state index contributed by atoms with van der Waals surface area (Å²) in [4.78, 5) is 23.1. The minimum Gasteiger partial charge on any atom is -0.497 e. The molecule has 1 aromatic carbocycles. The Morgan fingerprint density at radius 2 is 2.00 bits per heavy atom. The average molecular weight is 307 g/mol. The van der Waals surface area contributed by atoms with Crippen LogP contribution in [0.4, 0.5) is 0 Å². The summed E-state index contributed by atoms with van der Waals surface area (Å²) in [6.45, 7) is 5.30. The molecule has 1 atom stereocenters. The zero-order valence-corrected chi connectivity index (χ0v) is 12.8. The van der Waals surface area contributed by atoms with Crippen LogP contribution in [-0.4, -0.2) is 38.3 Å². The summed E-state index contributed by atoms with van der Waals surface area (Å²) in [6, 6.07) is 7.30. The van der Waals surface area contributed by atoms with E-state index in [1.54, 1.807) is 26.2 Å². The van der Waals surface area contributed by atoms with Gasteiger partial charge in [-0.15, -0.1) is 6.58 Å². The largest absolute Gasteiger partial charge is 0.497 e. The monoisotopic (exact) mass is 307 g/mol. The van der Waals surface area contributed by atoms with Crippen LogP contribution >= 0.6 is 0 Å². The molecule has 0 saturated heterocycles. The van der Waals surface area contributed by atoms with Gasteiger partial charge in [0.2, 0.25) is 0 Å². The van der Waals surface area contributed by atoms with Crippen LogP contribution in [0.3, 0.4) is 0 Å². The molecule has 0 radical (unpaired) electrons. The second-order valence-electron chi connectivity index (χ2n) is 4.50. The standard InChI is InChI=1S/C16H21NO5/c1-4-9-21-12(2)16(19)22-11-15(18)17-10-13-5-7-14(20-3)8-6-13/h4-8,12H,1,9-11H2,2-3H3,(H,17,18). The van der Waals surface area contributed by atoms with Crippen LogP contribution in [0.25, 0.3) is 0 Å². The molecule has 1 aromatic rings. The van der Waals surface area contributed by atoms with Gasteiger partial charge in [0, 0.05) is 6.54 Å². The second kappa shape index (κ2) is 9.57. The molecule has 0 aliphatic heterocycles. The highest BCUT2D eigenvalue weighted by molar-refractivity contribution is 5.81. The number of hydrogen-bond acceptors (Lipinski definition) is 5. The van der Waals surface area contributed by atoms with Crippen LogP contribution in [0.1, 0.15) is 12.5 Å². The van der Waals surface area contributed by atoms with Crippen molar-refractivity contribution >= 4 is 11.9 Å². The fourth-order valence-electron chi connectivity index (χ4n) is 1.53. The molecule has 0 saturated carbocycles. The Bertz CT molecular complexity index is 498. The first-order chi connectivity index (χ1) is 10.6. The van der Waals surface area contributed by atoms with Crippen molar-refractivity contribution in [3.05, 3.63) is 42.5 Å². The highest BCUT2D eigenvalue weighted by Gasteiger charge is 2.15. The number of carbonyl (C=O) groups is 2. The molecule has 0 bridgehead atoms. The molecular formula is C16H21NO5. The van der Waals surface area contributed by atoms with E-state index in [1.807, 2.05) is 12.1 Å². The van der Waals surface area contributed by atoms with Crippen LogP contribution in [0.5, 0.6) is 5.75 Å². The van der Waals surface area contributed by atoms with E-state index in [2.05, 4.69) is 11.9 Å². The van der Waals surface area contributed by atoms with Gasteiger partial charge >= 0.3 is 5.97 Å². The van der Waals surface area contributed by atoms with Crippen molar-refractivity contribution in [3.8, 4) is 5.75 Å². The smallest absolute Gasteiger partial charge is 0.335 e. The lowest BCUT2D eigenvalue weighted by molar-refractivity contribution is -0.158. The topological polar surface area (TPSA) is 73.9 Å². The third-order valence-corrected chi connectivity index (χ3v) is 2.79. The van der Waals surface area contributed by atoms with Crippen molar-refractivity contribution in [1.29, 1.82) is 0 Å². The molecule has 0 aromatic heterocycles. The van der Waals surface area contributed by atoms with Crippen LogP contribution in [-0.2, 0) is 25.6 Å². The number of rotatable bonds is 9. The van der Waals surface area contributed by atoms with Crippen molar-refractivity contribution in [3.63, 3.8) is 0 Å². The molecule has 120 valence electrons. The summed E-state index contributed by atoms with van der Waals surface area (Å²) in [5.74, 6) is -0.209. The molecule has 1 N–H and O–H groups in total. The molecule has 6 heteroatoms. The number of hydrogen-bond donors (Lipinski definition) is 1. The lowest BCUT2D eigenvalue weighted by atomic mass is 10.2. The maximum Gasteiger partial charge on any atom is 0.335 e. The fraction of sp³-hybridized carbons (Fsp3) is 0.375. The number of benzene rings is 1. The normalized spacial score (nSPS) is 11.4. The lowest BCUT2D eigenvalue weighted by Crippen LogP contribution is -2.31. The molecule has 1 amide bonds. The summed E-state index contributed by atoms with van der Waals surface area (Å²) in [5, 5.41) is 2.66. The van der Waals surface area contributed by atoms with Crippen molar-refractivity contribution in [2.75, 3.05) is 20.3 Å². The third kappa shape index (κ3) is 6.41. The quantitative estimate of drug-likeness (QED) is 0.552.